The van der Waals surface area contributed by atoms with Gasteiger partial charge in [0.25, 0.3) is 0 Å². The van der Waals surface area contributed by atoms with Gasteiger partial charge in [0.2, 0.25) is 0 Å². The molecule has 0 radical (unpaired) electrons. The normalized spacial score (nSPS) is 12.5. The van der Waals surface area contributed by atoms with Crippen molar-refractivity contribution >= 4 is 23.2 Å². The lowest BCUT2D eigenvalue weighted by Crippen LogP contribution is -3.00. The number of halogens is 1. The van der Waals surface area contributed by atoms with Crippen LogP contribution in [-0.2, 0) is 0 Å². The van der Waals surface area contributed by atoms with E-state index in [0.29, 0.717) is 0 Å². The third-order valence-electron chi connectivity index (χ3n) is 6.68. The SMILES string of the molecule is [Cl-].c1ccc([P+](c2ccccc2)(c2ccccc2)C2c3ccccc3-c3ccccc32)cc1. The van der Waals surface area contributed by atoms with Crippen LogP contribution in [0.25, 0.3) is 11.1 Å². The van der Waals surface area contributed by atoms with Crippen molar-refractivity contribution < 1.29 is 12.4 Å². The highest BCUT2D eigenvalue weighted by atomic mass is 35.5. The molecular weight excluding hydrogens is 439 g/mol. The summed E-state index contributed by atoms with van der Waals surface area (Å²) in [5.41, 5.74) is 5.92. The molecule has 0 bridgehead atoms. The average Bonchev–Trinajstić information content (AvgIpc) is 3.22. The van der Waals surface area contributed by atoms with Gasteiger partial charge in [0.1, 0.15) is 28.8 Å². The lowest BCUT2D eigenvalue weighted by Gasteiger charge is -2.34. The molecule has 0 amide bonds. The summed E-state index contributed by atoms with van der Waals surface area (Å²) in [6.07, 6.45) is 0. The zero-order valence-corrected chi connectivity index (χ0v) is 19.8. The van der Waals surface area contributed by atoms with Crippen molar-refractivity contribution in [2.75, 3.05) is 0 Å². The van der Waals surface area contributed by atoms with E-state index < -0.39 is 7.26 Å². The minimum Gasteiger partial charge on any atom is -1.00 e. The number of rotatable bonds is 4. The van der Waals surface area contributed by atoms with E-state index in [1.165, 1.54) is 38.2 Å². The largest absolute Gasteiger partial charge is 1.00 e. The van der Waals surface area contributed by atoms with E-state index in [1.807, 2.05) is 0 Å². The molecule has 0 heterocycles. The van der Waals surface area contributed by atoms with Gasteiger partial charge in [0.05, 0.1) is 0 Å². The van der Waals surface area contributed by atoms with Crippen molar-refractivity contribution in [1.29, 1.82) is 0 Å². The van der Waals surface area contributed by atoms with Gasteiger partial charge in [-0.05, 0) is 47.5 Å². The number of benzene rings is 5. The molecule has 5 aromatic rings. The molecule has 0 spiro atoms. The van der Waals surface area contributed by atoms with Crippen molar-refractivity contribution in [1.82, 2.24) is 0 Å². The van der Waals surface area contributed by atoms with Gasteiger partial charge in [0.15, 0.2) is 0 Å². The highest BCUT2D eigenvalue weighted by Gasteiger charge is 2.56. The summed E-state index contributed by atoms with van der Waals surface area (Å²) in [6.45, 7) is 0. The molecule has 33 heavy (non-hydrogen) atoms. The fraction of sp³-hybridized carbons (Fsp3) is 0.0323. The number of fused-ring (bicyclic) bond motifs is 3. The molecule has 0 fully saturated rings. The van der Waals surface area contributed by atoms with Crippen molar-refractivity contribution in [2.45, 2.75) is 5.66 Å². The van der Waals surface area contributed by atoms with Crippen LogP contribution in [0, 0.1) is 0 Å². The second-order valence-corrected chi connectivity index (χ2v) is 11.8. The first kappa shape index (κ1) is 21.7. The van der Waals surface area contributed by atoms with Crippen molar-refractivity contribution in [3.05, 3.63) is 151 Å². The summed E-state index contributed by atoms with van der Waals surface area (Å²) in [4.78, 5) is 0. The fourth-order valence-electron chi connectivity index (χ4n) is 5.43. The molecule has 1 aliphatic rings. The monoisotopic (exact) mass is 462 g/mol. The van der Waals surface area contributed by atoms with Gasteiger partial charge in [0, 0.05) is 11.1 Å². The molecule has 6 rings (SSSR count). The molecule has 0 aliphatic heterocycles. The summed E-state index contributed by atoms with van der Waals surface area (Å²) < 4.78 is 0. The summed E-state index contributed by atoms with van der Waals surface area (Å²) in [5.74, 6) is 0. The Labute approximate surface area is 202 Å². The minimum atomic E-state index is -2.07. The first-order valence-corrected chi connectivity index (χ1v) is 13.0. The Bertz CT molecular complexity index is 1220. The summed E-state index contributed by atoms with van der Waals surface area (Å²) in [7, 11) is -2.07. The van der Waals surface area contributed by atoms with Crippen LogP contribution in [0.2, 0.25) is 0 Å². The fourth-order valence-corrected chi connectivity index (χ4v) is 10.4. The zero-order valence-electron chi connectivity index (χ0n) is 18.2. The summed E-state index contributed by atoms with van der Waals surface area (Å²) >= 11 is 0. The molecule has 0 N–H and O–H groups in total. The van der Waals surface area contributed by atoms with Crippen LogP contribution in [0.4, 0.5) is 0 Å². The first-order valence-electron chi connectivity index (χ1n) is 11.1. The third-order valence-corrected chi connectivity index (χ3v) is 11.3. The van der Waals surface area contributed by atoms with E-state index in [4.69, 9.17) is 0 Å². The summed E-state index contributed by atoms with van der Waals surface area (Å²) in [5, 5.41) is 4.27. The second-order valence-electron chi connectivity index (χ2n) is 8.31. The van der Waals surface area contributed by atoms with Crippen LogP contribution in [-0.4, -0.2) is 0 Å². The van der Waals surface area contributed by atoms with Gasteiger partial charge < -0.3 is 12.4 Å². The molecule has 0 unspecified atom stereocenters. The predicted molar refractivity (Wildman–Crippen MR) is 139 cm³/mol. The molecule has 0 aromatic heterocycles. The highest BCUT2D eigenvalue weighted by Crippen LogP contribution is 2.72. The average molecular weight is 463 g/mol. The quantitative estimate of drug-likeness (QED) is 0.357. The maximum atomic E-state index is 2.35. The van der Waals surface area contributed by atoms with E-state index in [1.54, 1.807) is 0 Å². The molecule has 1 aliphatic carbocycles. The highest BCUT2D eigenvalue weighted by molar-refractivity contribution is 7.96. The molecule has 0 nitrogen and oxygen atoms in total. The van der Waals surface area contributed by atoms with Gasteiger partial charge in [-0.2, -0.15) is 0 Å². The first-order chi connectivity index (χ1) is 15.9. The number of hydrogen-bond acceptors (Lipinski definition) is 0. The van der Waals surface area contributed by atoms with Crippen LogP contribution < -0.4 is 28.3 Å². The number of hydrogen-bond donors (Lipinski definition) is 0. The Morgan fingerprint density at radius 2 is 0.667 bits per heavy atom. The van der Waals surface area contributed by atoms with Crippen LogP contribution >= 0.6 is 7.26 Å². The van der Waals surface area contributed by atoms with E-state index in [-0.39, 0.29) is 18.1 Å². The maximum absolute atomic E-state index is 2.35. The predicted octanol–water partition coefficient (Wildman–Crippen LogP) is 3.75. The molecule has 0 atom stereocenters. The Morgan fingerprint density at radius 3 is 1.03 bits per heavy atom. The summed E-state index contributed by atoms with van der Waals surface area (Å²) in [6, 6.07) is 51.7. The second kappa shape index (κ2) is 8.99. The lowest BCUT2D eigenvalue weighted by molar-refractivity contribution is -0.00000601. The third kappa shape index (κ3) is 3.34. The minimum absolute atomic E-state index is 0. The Balaban J connectivity index is 0.00000228. The smallest absolute Gasteiger partial charge is 0.135 e. The Kier molecular flexibility index (Phi) is 5.90. The molecule has 160 valence electrons. The van der Waals surface area contributed by atoms with Crippen molar-refractivity contribution in [3.8, 4) is 11.1 Å². The van der Waals surface area contributed by atoms with Crippen LogP contribution in [0.5, 0.6) is 0 Å². The van der Waals surface area contributed by atoms with Gasteiger partial charge in [-0.25, -0.2) is 0 Å². The van der Waals surface area contributed by atoms with Gasteiger partial charge >= 0.3 is 0 Å². The van der Waals surface area contributed by atoms with E-state index >= 15 is 0 Å². The topological polar surface area (TPSA) is 0 Å². The lowest BCUT2D eigenvalue weighted by atomic mass is 10.1. The van der Waals surface area contributed by atoms with Gasteiger partial charge in [-0.15, -0.1) is 0 Å². The molecular formula is C31H24ClP. The molecule has 5 aromatic carbocycles. The van der Waals surface area contributed by atoms with Crippen molar-refractivity contribution in [2.24, 2.45) is 0 Å². The van der Waals surface area contributed by atoms with Crippen molar-refractivity contribution in [3.63, 3.8) is 0 Å². The van der Waals surface area contributed by atoms with Gasteiger partial charge in [-0.1, -0.05) is 103 Å². The van der Waals surface area contributed by atoms with E-state index in [2.05, 4.69) is 140 Å². The van der Waals surface area contributed by atoms with Gasteiger partial charge in [-0.3, -0.25) is 0 Å². The Morgan fingerprint density at radius 1 is 0.364 bits per heavy atom. The standard InChI is InChI=1S/C31H24P.ClH/c1-4-14-24(15-5-1)32(25-16-6-2-7-17-25,26-18-8-3-9-19-26)31-29-22-12-10-20-27(29)28-21-11-13-23-30(28)31;/h1-23,31H;1H/q+1;/p-1. The van der Waals surface area contributed by atoms with E-state index in [0.717, 1.165) is 0 Å². The van der Waals surface area contributed by atoms with Crippen LogP contribution in [0.15, 0.2) is 140 Å². The van der Waals surface area contributed by atoms with Crippen LogP contribution in [0.1, 0.15) is 16.8 Å². The van der Waals surface area contributed by atoms with Crippen LogP contribution in [0.3, 0.4) is 0 Å². The molecule has 0 saturated carbocycles. The maximum Gasteiger partial charge on any atom is 0.135 e. The van der Waals surface area contributed by atoms with E-state index in [9.17, 15) is 0 Å². The molecule has 0 saturated heterocycles. The molecule has 2 heteroatoms. The Hall–Kier alpha value is -3.18. The zero-order chi connectivity index (χ0) is 21.4.